The van der Waals surface area contributed by atoms with Crippen molar-refractivity contribution in [1.82, 2.24) is 19.5 Å². The summed E-state index contributed by atoms with van der Waals surface area (Å²) in [6.07, 6.45) is 1.91. The van der Waals surface area contributed by atoms with Crippen molar-refractivity contribution < 1.29 is 19.7 Å². The summed E-state index contributed by atoms with van der Waals surface area (Å²) in [7, 11) is 4.90. The van der Waals surface area contributed by atoms with Crippen LogP contribution in [0, 0.1) is 0 Å². The summed E-state index contributed by atoms with van der Waals surface area (Å²) in [5, 5.41) is 23.6. The van der Waals surface area contributed by atoms with Crippen molar-refractivity contribution in [3.8, 4) is 17.2 Å². The Morgan fingerprint density at radius 1 is 1.06 bits per heavy atom. The topological polar surface area (TPSA) is 153 Å². The number of hydrogen-bond acceptors (Lipinski definition) is 7. The minimum absolute atomic E-state index is 0.116. The molecule has 0 fully saturated rings. The monoisotopic (exact) mass is 439 g/mol. The van der Waals surface area contributed by atoms with Gasteiger partial charge in [0, 0.05) is 36.6 Å². The number of methoxy groups -OCH3 is 1. The molecule has 166 valence electrons. The first-order valence-electron chi connectivity index (χ1n) is 9.28. The van der Waals surface area contributed by atoms with Crippen LogP contribution in [-0.4, -0.2) is 63.6 Å². The molecular formula is C21H21N5O6. The molecule has 0 aliphatic rings. The third-order valence-electron chi connectivity index (χ3n) is 4.37. The highest BCUT2D eigenvalue weighted by molar-refractivity contribution is 6.04. The van der Waals surface area contributed by atoms with Crippen LogP contribution in [0.1, 0.15) is 5.56 Å². The average molecular weight is 439 g/mol. The number of nitrogens with one attached hydrogen (secondary N) is 2. The van der Waals surface area contributed by atoms with Gasteiger partial charge in [0.15, 0.2) is 0 Å². The van der Waals surface area contributed by atoms with E-state index in [1.54, 1.807) is 32.3 Å². The number of phenolic OH excluding ortho intramolecular Hbond substituents is 2. The van der Waals surface area contributed by atoms with E-state index >= 15 is 0 Å². The third kappa shape index (κ3) is 4.46. The Labute approximate surface area is 180 Å². The van der Waals surface area contributed by atoms with Crippen molar-refractivity contribution in [2.75, 3.05) is 21.2 Å². The molecule has 4 aromatic rings. The zero-order chi connectivity index (χ0) is 23.4. The lowest BCUT2D eigenvalue weighted by molar-refractivity contribution is -0.115. The minimum Gasteiger partial charge on any atom is -0.508 e. The van der Waals surface area contributed by atoms with Gasteiger partial charge < -0.3 is 29.8 Å². The minimum atomic E-state index is -0.731. The standard InChI is InChI=1S/C18H14N4O5.C3H7NO/c1-27-11-4-5-13-12(7-11)15-16(20-13)17(25)22(18(26)21-15)19-8-9-2-3-10(23)6-14(9)24;1-4(2)3-5/h2-8,20,23-24H,1H3,(H,21,26);3H,1-2H3/b19-8+;. The maximum atomic E-state index is 12.7. The lowest BCUT2D eigenvalue weighted by Gasteiger charge is -2.01. The molecule has 0 bridgehead atoms. The first kappa shape index (κ1) is 22.2. The molecule has 11 nitrogen and oxygen atoms in total. The maximum absolute atomic E-state index is 12.7. The average Bonchev–Trinajstić information content (AvgIpc) is 3.13. The molecule has 2 heterocycles. The molecule has 0 unspecified atom stereocenters. The molecule has 4 N–H and O–H groups in total. The van der Waals surface area contributed by atoms with E-state index in [4.69, 9.17) is 4.74 Å². The van der Waals surface area contributed by atoms with Crippen LogP contribution in [0.3, 0.4) is 0 Å². The molecule has 11 heteroatoms. The number of aromatic hydroxyl groups is 2. The lowest BCUT2D eigenvalue weighted by Crippen LogP contribution is -2.32. The van der Waals surface area contributed by atoms with Gasteiger partial charge in [0.2, 0.25) is 6.41 Å². The normalized spacial score (nSPS) is 10.8. The van der Waals surface area contributed by atoms with Crippen LogP contribution >= 0.6 is 0 Å². The highest BCUT2D eigenvalue weighted by Gasteiger charge is 2.13. The fraction of sp³-hybridized carbons (Fsp3) is 0.143. The van der Waals surface area contributed by atoms with Crippen LogP contribution in [0.5, 0.6) is 17.2 Å². The SMILES string of the molecule is CN(C)C=O.COc1ccc2[nH]c3c(=O)n(/N=C/c4ccc(O)cc4O)c(=O)[nH]c3c2c1. The van der Waals surface area contributed by atoms with Gasteiger partial charge in [0.05, 0.1) is 18.8 Å². The number of phenols is 2. The number of aromatic nitrogens is 3. The summed E-state index contributed by atoms with van der Waals surface area (Å²) >= 11 is 0. The first-order valence-corrected chi connectivity index (χ1v) is 9.28. The van der Waals surface area contributed by atoms with Gasteiger partial charge >= 0.3 is 11.2 Å². The number of hydrogen-bond donors (Lipinski definition) is 4. The summed E-state index contributed by atoms with van der Waals surface area (Å²) < 4.78 is 5.83. The Hall–Kier alpha value is -4.54. The summed E-state index contributed by atoms with van der Waals surface area (Å²) in [5.74, 6) is 0.242. The Bertz CT molecular complexity index is 1430. The number of carbonyl (C=O) groups excluding carboxylic acids is 1. The van der Waals surface area contributed by atoms with Gasteiger partial charge in [-0.2, -0.15) is 5.10 Å². The summed E-state index contributed by atoms with van der Waals surface area (Å²) in [6, 6.07) is 9.08. The van der Waals surface area contributed by atoms with Crippen molar-refractivity contribution in [2.24, 2.45) is 5.10 Å². The van der Waals surface area contributed by atoms with E-state index < -0.39 is 11.2 Å². The van der Waals surface area contributed by atoms with Gasteiger partial charge in [-0.3, -0.25) is 9.59 Å². The molecule has 2 aromatic heterocycles. The van der Waals surface area contributed by atoms with Crippen molar-refractivity contribution in [3.05, 3.63) is 62.8 Å². The van der Waals surface area contributed by atoms with E-state index in [2.05, 4.69) is 15.1 Å². The number of ether oxygens (including phenoxy) is 1. The number of H-pyrrole nitrogens is 2. The van der Waals surface area contributed by atoms with Crippen molar-refractivity contribution in [1.29, 1.82) is 0 Å². The van der Waals surface area contributed by atoms with Crippen LogP contribution in [-0.2, 0) is 4.79 Å². The van der Waals surface area contributed by atoms with Gasteiger partial charge in [-0.05, 0) is 30.3 Å². The van der Waals surface area contributed by atoms with E-state index in [-0.39, 0.29) is 22.6 Å². The highest BCUT2D eigenvalue weighted by atomic mass is 16.5. The largest absolute Gasteiger partial charge is 0.508 e. The van der Waals surface area contributed by atoms with Gasteiger partial charge in [-0.25, -0.2) is 4.79 Å². The highest BCUT2D eigenvalue weighted by Crippen LogP contribution is 2.25. The molecule has 0 radical (unpaired) electrons. The van der Waals surface area contributed by atoms with Crippen molar-refractivity contribution >= 4 is 34.6 Å². The van der Waals surface area contributed by atoms with E-state index in [0.717, 1.165) is 18.7 Å². The second-order valence-corrected chi connectivity index (χ2v) is 6.89. The molecule has 0 atom stereocenters. The molecule has 0 aliphatic carbocycles. The predicted molar refractivity (Wildman–Crippen MR) is 120 cm³/mol. The molecule has 4 rings (SSSR count). The fourth-order valence-electron chi connectivity index (χ4n) is 2.81. The van der Waals surface area contributed by atoms with Gasteiger partial charge in [0.1, 0.15) is 22.8 Å². The van der Waals surface area contributed by atoms with Crippen LogP contribution in [0.4, 0.5) is 0 Å². The Morgan fingerprint density at radius 2 is 1.78 bits per heavy atom. The number of fused-ring (bicyclic) bond motifs is 3. The summed E-state index contributed by atoms with van der Waals surface area (Å²) in [4.78, 5) is 41.5. The zero-order valence-corrected chi connectivity index (χ0v) is 17.5. The molecule has 0 spiro atoms. The van der Waals surface area contributed by atoms with Crippen molar-refractivity contribution in [2.45, 2.75) is 0 Å². The van der Waals surface area contributed by atoms with E-state index in [9.17, 15) is 24.6 Å². The Morgan fingerprint density at radius 3 is 2.41 bits per heavy atom. The number of rotatable bonds is 4. The van der Waals surface area contributed by atoms with Crippen LogP contribution in [0.25, 0.3) is 21.9 Å². The fourth-order valence-corrected chi connectivity index (χ4v) is 2.81. The zero-order valence-electron chi connectivity index (χ0n) is 17.5. The van der Waals surface area contributed by atoms with Crippen LogP contribution in [0.2, 0.25) is 0 Å². The third-order valence-corrected chi connectivity index (χ3v) is 4.37. The number of carbonyl (C=O) groups is 1. The van der Waals surface area contributed by atoms with E-state index in [1.807, 2.05) is 0 Å². The molecule has 0 saturated carbocycles. The molecule has 0 aliphatic heterocycles. The molecular weight excluding hydrogens is 418 g/mol. The lowest BCUT2D eigenvalue weighted by atomic mass is 10.2. The Balaban J connectivity index is 0.000000523. The molecule has 0 saturated heterocycles. The van der Waals surface area contributed by atoms with E-state index in [1.165, 1.54) is 24.1 Å². The Kier molecular flexibility index (Phi) is 6.29. The van der Waals surface area contributed by atoms with Gasteiger partial charge in [-0.1, -0.05) is 0 Å². The molecule has 1 amide bonds. The first-order chi connectivity index (χ1) is 15.2. The number of benzene rings is 2. The quantitative estimate of drug-likeness (QED) is 0.277. The molecule has 2 aromatic carbocycles. The van der Waals surface area contributed by atoms with Crippen LogP contribution in [0.15, 0.2) is 51.1 Å². The number of amides is 1. The smallest absolute Gasteiger partial charge is 0.350 e. The second-order valence-electron chi connectivity index (χ2n) is 6.89. The number of nitrogens with zero attached hydrogens (tertiary/aromatic N) is 3. The van der Waals surface area contributed by atoms with Crippen molar-refractivity contribution in [3.63, 3.8) is 0 Å². The predicted octanol–water partition coefficient (Wildman–Crippen LogP) is 1.18. The maximum Gasteiger partial charge on any atom is 0.350 e. The summed E-state index contributed by atoms with van der Waals surface area (Å²) in [5.41, 5.74) is 0.0731. The molecule has 32 heavy (non-hydrogen) atoms. The van der Waals surface area contributed by atoms with E-state index in [0.29, 0.717) is 26.8 Å². The summed E-state index contributed by atoms with van der Waals surface area (Å²) in [6.45, 7) is 0. The van der Waals surface area contributed by atoms with Gasteiger partial charge in [0.25, 0.3) is 0 Å². The van der Waals surface area contributed by atoms with Crippen LogP contribution < -0.4 is 16.0 Å². The second kappa shape index (κ2) is 9.08. The van der Waals surface area contributed by atoms with Gasteiger partial charge in [-0.15, -0.1) is 4.68 Å². The number of aromatic amines is 2.